The number of rotatable bonds is 6. The number of hydrogen-bond donors (Lipinski definition) is 2. The molecule has 2 aromatic rings. The Balaban J connectivity index is 1.86. The zero-order chi connectivity index (χ0) is 14.4. The number of thioether (sulfide) groups is 1. The highest BCUT2D eigenvalue weighted by molar-refractivity contribution is 8.00. The summed E-state index contributed by atoms with van der Waals surface area (Å²) in [6.45, 7) is 0. The van der Waals surface area contributed by atoms with Gasteiger partial charge in [-0.2, -0.15) is 4.37 Å². The lowest BCUT2D eigenvalue weighted by Gasteiger charge is -2.10. The maximum atomic E-state index is 11.9. The fourth-order valence-corrected chi connectivity index (χ4v) is 2.95. The van der Waals surface area contributed by atoms with Gasteiger partial charge in [0, 0.05) is 17.9 Å². The number of nitrogens with zero attached hydrogens (tertiary/aromatic N) is 2. The van der Waals surface area contributed by atoms with E-state index in [1.54, 1.807) is 25.3 Å². The second-order valence-corrected chi connectivity index (χ2v) is 5.94. The molecule has 0 aliphatic carbocycles. The summed E-state index contributed by atoms with van der Waals surface area (Å²) in [5.74, 6) is 1.14. The lowest BCUT2D eigenvalue weighted by Crippen LogP contribution is -2.13. The predicted octanol–water partition coefficient (Wildman–Crippen LogP) is 2.25. The molecule has 3 N–H and O–H groups in total. The Morgan fingerprint density at radius 2 is 2.40 bits per heavy atom. The molecule has 0 aliphatic rings. The highest BCUT2D eigenvalue weighted by Gasteiger charge is 2.08. The van der Waals surface area contributed by atoms with Gasteiger partial charge >= 0.3 is 0 Å². The molecule has 0 unspecified atom stereocenters. The van der Waals surface area contributed by atoms with E-state index in [2.05, 4.69) is 14.7 Å². The van der Waals surface area contributed by atoms with Gasteiger partial charge in [0.25, 0.3) is 0 Å². The summed E-state index contributed by atoms with van der Waals surface area (Å²) in [5.41, 5.74) is 6.85. The van der Waals surface area contributed by atoms with Crippen molar-refractivity contribution in [3.63, 3.8) is 0 Å². The van der Waals surface area contributed by atoms with Crippen LogP contribution in [-0.4, -0.2) is 28.1 Å². The number of aromatic nitrogens is 2. The molecule has 2 rings (SSSR count). The Hall–Kier alpha value is -1.80. The van der Waals surface area contributed by atoms with E-state index in [1.165, 1.54) is 29.6 Å². The van der Waals surface area contributed by atoms with E-state index in [-0.39, 0.29) is 5.91 Å². The zero-order valence-electron chi connectivity index (χ0n) is 10.8. The predicted molar refractivity (Wildman–Crippen MR) is 81.3 cm³/mol. The van der Waals surface area contributed by atoms with Crippen LogP contribution in [0.5, 0.6) is 5.75 Å². The van der Waals surface area contributed by atoms with Crippen molar-refractivity contribution in [2.24, 2.45) is 0 Å². The molecule has 0 bridgehead atoms. The third-order valence-corrected chi connectivity index (χ3v) is 4.19. The monoisotopic (exact) mass is 310 g/mol. The first-order chi connectivity index (χ1) is 9.69. The van der Waals surface area contributed by atoms with Crippen LogP contribution in [0.1, 0.15) is 6.42 Å². The number of carbonyl (C=O) groups is 1. The highest BCUT2D eigenvalue weighted by atomic mass is 32.2. The zero-order valence-corrected chi connectivity index (χ0v) is 12.5. The van der Waals surface area contributed by atoms with E-state index >= 15 is 0 Å². The number of nitrogens with two attached hydrogens (primary N) is 1. The molecule has 0 saturated heterocycles. The third kappa shape index (κ3) is 4.10. The SMILES string of the molecule is COc1ccc(N)cc1NC(=O)CCSc1ncns1. The summed E-state index contributed by atoms with van der Waals surface area (Å²) in [5, 5.41) is 2.79. The Kier molecular flexibility index (Phi) is 5.19. The fraction of sp³-hybridized carbons (Fsp3) is 0.250. The van der Waals surface area contributed by atoms with Crippen LogP contribution in [0.4, 0.5) is 11.4 Å². The molecule has 1 aromatic carbocycles. The minimum Gasteiger partial charge on any atom is -0.495 e. The van der Waals surface area contributed by atoms with Crippen LogP contribution < -0.4 is 15.8 Å². The van der Waals surface area contributed by atoms with Gasteiger partial charge in [0.1, 0.15) is 12.1 Å². The first-order valence-electron chi connectivity index (χ1n) is 5.82. The van der Waals surface area contributed by atoms with E-state index in [0.29, 0.717) is 29.3 Å². The van der Waals surface area contributed by atoms with Gasteiger partial charge in [-0.05, 0) is 29.7 Å². The van der Waals surface area contributed by atoms with Crippen LogP contribution in [0.3, 0.4) is 0 Å². The maximum absolute atomic E-state index is 11.9. The largest absolute Gasteiger partial charge is 0.495 e. The summed E-state index contributed by atoms with van der Waals surface area (Å²) < 4.78 is 9.93. The average molecular weight is 310 g/mol. The number of amides is 1. The van der Waals surface area contributed by atoms with E-state index in [0.717, 1.165) is 4.34 Å². The van der Waals surface area contributed by atoms with E-state index in [9.17, 15) is 4.79 Å². The molecule has 0 fully saturated rings. The van der Waals surface area contributed by atoms with Crippen molar-refractivity contribution in [3.8, 4) is 5.75 Å². The number of carbonyl (C=O) groups excluding carboxylic acids is 1. The van der Waals surface area contributed by atoms with Gasteiger partial charge in [0.05, 0.1) is 12.8 Å². The summed E-state index contributed by atoms with van der Waals surface area (Å²) in [4.78, 5) is 15.9. The second-order valence-electron chi connectivity index (χ2n) is 3.81. The summed E-state index contributed by atoms with van der Waals surface area (Å²) in [6, 6.07) is 5.12. The first-order valence-corrected chi connectivity index (χ1v) is 7.58. The van der Waals surface area contributed by atoms with Crippen LogP contribution in [0.25, 0.3) is 0 Å². The average Bonchev–Trinajstić information content (AvgIpc) is 2.92. The van der Waals surface area contributed by atoms with Crippen molar-refractivity contribution < 1.29 is 9.53 Å². The van der Waals surface area contributed by atoms with E-state index in [4.69, 9.17) is 10.5 Å². The standard InChI is InChI=1S/C12H14N4O2S2/c1-18-10-3-2-8(13)6-9(10)16-11(17)4-5-19-12-14-7-15-20-12/h2-3,6-7H,4-5,13H2,1H3,(H,16,17). The molecule has 1 aromatic heterocycles. The number of benzene rings is 1. The Bertz CT molecular complexity index is 575. The second kappa shape index (κ2) is 7.11. The van der Waals surface area contributed by atoms with Gasteiger partial charge in [-0.15, -0.1) is 0 Å². The lowest BCUT2D eigenvalue weighted by molar-refractivity contribution is -0.115. The van der Waals surface area contributed by atoms with E-state index < -0.39 is 0 Å². The van der Waals surface area contributed by atoms with E-state index in [1.807, 2.05) is 0 Å². The molecule has 0 atom stereocenters. The van der Waals surface area contributed by atoms with Crippen LogP contribution in [0, 0.1) is 0 Å². The molecule has 20 heavy (non-hydrogen) atoms. The Morgan fingerprint density at radius 1 is 1.55 bits per heavy atom. The topological polar surface area (TPSA) is 90.1 Å². The molecule has 1 amide bonds. The minimum absolute atomic E-state index is 0.0917. The number of ether oxygens (including phenoxy) is 1. The summed E-state index contributed by atoms with van der Waals surface area (Å²) >= 11 is 2.83. The molecule has 106 valence electrons. The fourth-order valence-electron chi connectivity index (χ4n) is 1.49. The number of nitrogens with one attached hydrogen (secondary N) is 1. The van der Waals surface area contributed by atoms with Crippen molar-refractivity contribution in [2.45, 2.75) is 10.8 Å². The smallest absolute Gasteiger partial charge is 0.225 e. The third-order valence-electron chi connectivity index (χ3n) is 2.39. The van der Waals surface area contributed by atoms with Crippen molar-refractivity contribution in [1.29, 1.82) is 0 Å². The molecule has 0 radical (unpaired) electrons. The summed E-state index contributed by atoms with van der Waals surface area (Å²) in [6.07, 6.45) is 1.88. The van der Waals surface area contributed by atoms with Gasteiger partial charge in [-0.3, -0.25) is 4.79 Å². The van der Waals surface area contributed by atoms with Gasteiger partial charge in [0.15, 0.2) is 4.34 Å². The highest BCUT2D eigenvalue weighted by Crippen LogP contribution is 2.27. The molecule has 6 nitrogen and oxygen atoms in total. The minimum atomic E-state index is -0.0917. The number of hydrogen-bond acceptors (Lipinski definition) is 7. The van der Waals surface area contributed by atoms with Gasteiger partial charge in [-0.25, -0.2) is 4.98 Å². The molecule has 0 saturated carbocycles. The normalized spacial score (nSPS) is 10.2. The maximum Gasteiger partial charge on any atom is 0.225 e. The van der Waals surface area contributed by atoms with Crippen LogP contribution >= 0.6 is 23.3 Å². The van der Waals surface area contributed by atoms with Gasteiger partial charge in [-0.1, -0.05) is 11.8 Å². The summed E-state index contributed by atoms with van der Waals surface area (Å²) in [7, 11) is 1.55. The molecule has 1 heterocycles. The first kappa shape index (κ1) is 14.6. The van der Waals surface area contributed by atoms with Crippen LogP contribution in [-0.2, 0) is 4.79 Å². The van der Waals surface area contributed by atoms with Crippen molar-refractivity contribution in [1.82, 2.24) is 9.36 Å². The molecule has 0 spiro atoms. The molecular weight excluding hydrogens is 296 g/mol. The Labute approximate surface area is 124 Å². The molecule has 0 aliphatic heterocycles. The van der Waals surface area contributed by atoms with Crippen molar-refractivity contribution >= 4 is 40.6 Å². The quantitative estimate of drug-likeness (QED) is 0.628. The Morgan fingerprint density at radius 3 is 3.10 bits per heavy atom. The van der Waals surface area contributed by atoms with Gasteiger partial charge in [0.2, 0.25) is 5.91 Å². The molecule has 8 heteroatoms. The number of methoxy groups -OCH3 is 1. The number of nitrogen functional groups attached to an aromatic ring is 1. The number of anilines is 2. The van der Waals surface area contributed by atoms with Crippen molar-refractivity contribution in [2.75, 3.05) is 23.9 Å². The lowest BCUT2D eigenvalue weighted by atomic mass is 10.2. The van der Waals surface area contributed by atoms with Gasteiger partial charge < -0.3 is 15.8 Å². The van der Waals surface area contributed by atoms with Crippen molar-refractivity contribution in [3.05, 3.63) is 24.5 Å². The van der Waals surface area contributed by atoms with Crippen LogP contribution in [0.15, 0.2) is 28.9 Å². The van der Waals surface area contributed by atoms with Crippen LogP contribution in [0.2, 0.25) is 0 Å². The molecular formula is C12H14N4O2S2.